The van der Waals surface area contributed by atoms with Crippen molar-refractivity contribution in [2.45, 2.75) is 38.4 Å². The maximum absolute atomic E-state index is 13.5. The Kier molecular flexibility index (Phi) is 5.43. The number of nitrogens with two attached hydrogens (primary N) is 1. The van der Waals surface area contributed by atoms with Crippen LogP contribution in [0.5, 0.6) is 0 Å². The van der Waals surface area contributed by atoms with Gasteiger partial charge in [-0.2, -0.15) is 0 Å². The summed E-state index contributed by atoms with van der Waals surface area (Å²) in [5.41, 5.74) is 11.2. The minimum absolute atomic E-state index is 0.0236. The Hall–Kier alpha value is -2.84. The summed E-state index contributed by atoms with van der Waals surface area (Å²) >= 11 is 1.60. The molecule has 2 aromatic heterocycles. The molecule has 4 heterocycles. The molecule has 2 aliphatic heterocycles. The number of carbonyl (C=O) groups is 1. The highest BCUT2D eigenvalue weighted by Gasteiger charge is 2.38. The Morgan fingerprint density at radius 3 is 2.75 bits per heavy atom. The molecule has 3 aromatic rings. The minimum atomic E-state index is -2.59. The molecule has 5 rings (SSSR count). The molecule has 0 atom stereocenters. The smallest absolute Gasteiger partial charge is 0.261 e. The molecular weight excluding hydrogens is 430 g/mol. The molecule has 1 amide bonds. The number of aromatic nitrogens is 1. The Bertz CT molecular complexity index is 1150. The van der Waals surface area contributed by atoms with Crippen LogP contribution >= 0.6 is 11.3 Å². The first-order chi connectivity index (χ1) is 15.4. The maximum Gasteiger partial charge on any atom is 0.261 e. The van der Waals surface area contributed by atoms with Crippen molar-refractivity contribution >= 4 is 22.9 Å². The Morgan fingerprint density at radius 2 is 2.00 bits per heavy atom. The van der Waals surface area contributed by atoms with Crippen molar-refractivity contribution in [1.29, 1.82) is 0 Å². The van der Waals surface area contributed by atoms with Gasteiger partial charge in [-0.05, 0) is 40.3 Å². The van der Waals surface area contributed by atoms with E-state index in [0.717, 1.165) is 27.3 Å². The molecule has 0 spiro atoms. The largest absolute Gasteiger partial charge is 0.397 e. The van der Waals surface area contributed by atoms with Crippen LogP contribution in [-0.4, -0.2) is 39.7 Å². The molecule has 0 aliphatic carbocycles. The maximum atomic E-state index is 13.5. The van der Waals surface area contributed by atoms with E-state index >= 15 is 0 Å². The van der Waals surface area contributed by atoms with Gasteiger partial charge >= 0.3 is 0 Å². The van der Waals surface area contributed by atoms with Gasteiger partial charge in [0.1, 0.15) is 0 Å². The zero-order valence-corrected chi connectivity index (χ0v) is 18.4. The second kappa shape index (κ2) is 8.26. The number of nitrogen functional groups attached to an aromatic ring is 1. The number of fused-ring (bicyclic) bond motifs is 1. The average molecular weight is 455 g/mol. The van der Waals surface area contributed by atoms with E-state index in [4.69, 9.17) is 5.73 Å². The van der Waals surface area contributed by atoms with Gasteiger partial charge in [-0.25, -0.2) is 13.8 Å². The van der Waals surface area contributed by atoms with E-state index in [1.807, 2.05) is 41.8 Å². The van der Waals surface area contributed by atoms with Gasteiger partial charge in [-0.3, -0.25) is 9.69 Å². The monoisotopic (exact) mass is 454 g/mol. The highest BCUT2D eigenvalue weighted by Crippen LogP contribution is 2.30. The van der Waals surface area contributed by atoms with Gasteiger partial charge in [0.15, 0.2) is 0 Å². The predicted octanol–water partition coefficient (Wildman–Crippen LogP) is 4.32. The lowest BCUT2D eigenvalue weighted by Gasteiger charge is -2.16. The zero-order chi connectivity index (χ0) is 22.3. The first kappa shape index (κ1) is 21.0. The normalized spacial score (nSPS) is 17.6. The van der Waals surface area contributed by atoms with Gasteiger partial charge in [0.2, 0.25) is 5.91 Å². The highest BCUT2D eigenvalue weighted by molar-refractivity contribution is 7.13. The number of hydrogen-bond donors (Lipinski definition) is 1. The SMILES string of the molecule is Nc1ccc(-c2cccs2)nc1CC(=O)N1Cc2ccc(CN3CCC(F)(F)C3)cc2C1. The van der Waals surface area contributed by atoms with Crippen molar-refractivity contribution in [1.82, 2.24) is 14.8 Å². The molecule has 0 unspecified atom stereocenters. The molecule has 166 valence electrons. The standard InChI is InChI=1S/C24H24F2N4OS/c25-24(26)7-8-29(15-24)12-16-3-4-17-13-30(14-18(17)10-16)23(31)11-21-19(27)5-6-20(28-21)22-2-1-9-32-22/h1-6,9-10H,7-8,11-15,27H2. The Morgan fingerprint density at radius 1 is 1.16 bits per heavy atom. The van der Waals surface area contributed by atoms with Crippen LogP contribution in [0.15, 0.2) is 47.8 Å². The lowest BCUT2D eigenvalue weighted by atomic mass is 10.1. The van der Waals surface area contributed by atoms with Gasteiger partial charge in [0.05, 0.1) is 34.9 Å². The van der Waals surface area contributed by atoms with Crippen LogP contribution in [0.25, 0.3) is 10.6 Å². The number of likely N-dealkylation sites (tertiary alicyclic amines) is 1. The number of rotatable bonds is 5. The molecule has 1 saturated heterocycles. The summed E-state index contributed by atoms with van der Waals surface area (Å²) in [6.45, 7) is 1.79. The van der Waals surface area contributed by atoms with E-state index in [1.165, 1.54) is 0 Å². The molecular formula is C24H24F2N4OS. The van der Waals surface area contributed by atoms with Gasteiger partial charge in [0.25, 0.3) is 5.92 Å². The third-order valence-electron chi connectivity index (χ3n) is 6.10. The number of halogens is 2. The molecule has 0 radical (unpaired) electrons. The fraction of sp³-hybridized carbons (Fsp3) is 0.333. The van der Waals surface area contributed by atoms with Crippen LogP contribution in [0.3, 0.4) is 0 Å². The van der Waals surface area contributed by atoms with Gasteiger partial charge < -0.3 is 10.6 Å². The molecule has 32 heavy (non-hydrogen) atoms. The summed E-state index contributed by atoms with van der Waals surface area (Å²) in [5.74, 6) is -2.61. The third kappa shape index (κ3) is 4.38. The number of nitrogens with zero attached hydrogens (tertiary/aromatic N) is 3. The summed E-state index contributed by atoms with van der Waals surface area (Å²) in [6.07, 6.45) is 0.0693. The number of pyridine rings is 1. The summed E-state index contributed by atoms with van der Waals surface area (Å²) in [5, 5.41) is 1.99. The lowest BCUT2D eigenvalue weighted by molar-refractivity contribution is -0.131. The molecule has 1 fully saturated rings. The van der Waals surface area contributed by atoms with E-state index < -0.39 is 5.92 Å². The first-order valence-electron chi connectivity index (χ1n) is 10.6. The van der Waals surface area contributed by atoms with Gasteiger partial charge in [-0.1, -0.05) is 24.3 Å². The molecule has 1 aromatic carbocycles. The Labute approximate surface area is 189 Å². The number of amides is 1. The second-order valence-corrected chi connectivity index (χ2v) is 9.50. The van der Waals surface area contributed by atoms with Crippen molar-refractivity contribution in [3.8, 4) is 10.6 Å². The summed E-state index contributed by atoms with van der Waals surface area (Å²) in [7, 11) is 0. The van der Waals surface area contributed by atoms with Crippen LogP contribution in [0.2, 0.25) is 0 Å². The van der Waals surface area contributed by atoms with Crippen LogP contribution in [0.1, 0.15) is 28.8 Å². The number of thiophene rings is 1. The summed E-state index contributed by atoms with van der Waals surface area (Å²) < 4.78 is 26.9. The number of alkyl halides is 2. The van der Waals surface area contributed by atoms with Crippen LogP contribution < -0.4 is 5.73 Å². The minimum Gasteiger partial charge on any atom is -0.397 e. The second-order valence-electron chi connectivity index (χ2n) is 8.56. The molecule has 8 heteroatoms. The average Bonchev–Trinajstić information content (AvgIpc) is 3.49. The van der Waals surface area contributed by atoms with E-state index in [-0.39, 0.29) is 25.3 Å². The van der Waals surface area contributed by atoms with Crippen molar-refractivity contribution in [2.75, 3.05) is 18.8 Å². The summed E-state index contributed by atoms with van der Waals surface area (Å²) in [4.78, 5) is 22.3. The van der Waals surface area contributed by atoms with Gasteiger partial charge in [0, 0.05) is 32.6 Å². The van der Waals surface area contributed by atoms with Crippen molar-refractivity contribution in [3.05, 3.63) is 70.2 Å². The number of hydrogen-bond acceptors (Lipinski definition) is 5. The van der Waals surface area contributed by atoms with Crippen LogP contribution in [0, 0.1) is 0 Å². The zero-order valence-electron chi connectivity index (χ0n) is 17.6. The lowest BCUT2D eigenvalue weighted by Crippen LogP contribution is -2.27. The van der Waals surface area contributed by atoms with E-state index in [2.05, 4.69) is 4.98 Å². The van der Waals surface area contributed by atoms with E-state index in [1.54, 1.807) is 27.2 Å². The molecule has 0 bridgehead atoms. The fourth-order valence-corrected chi connectivity index (χ4v) is 5.09. The van der Waals surface area contributed by atoms with Crippen LogP contribution in [-0.2, 0) is 30.8 Å². The fourth-order valence-electron chi connectivity index (χ4n) is 4.39. The predicted molar refractivity (Wildman–Crippen MR) is 121 cm³/mol. The topological polar surface area (TPSA) is 62.5 Å². The van der Waals surface area contributed by atoms with E-state index in [9.17, 15) is 13.6 Å². The number of benzene rings is 1. The van der Waals surface area contributed by atoms with Crippen molar-refractivity contribution < 1.29 is 13.6 Å². The molecule has 2 N–H and O–H groups in total. The van der Waals surface area contributed by atoms with Crippen LogP contribution in [0.4, 0.5) is 14.5 Å². The Balaban J connectivity index is 1.25. The van der Waals surface area contributed by atoms with E-state index in [0.29, 0.717) is 37.6 Å². The van der Waals surface area contributed by atoms with Gasteiger partial charge in [-0.15, -0.1) is 11.3 Å². The van der Waals surface area contributed by atoms with Crippen molar-refractivity contribution in [3.63, 3.8) is 0 Å². The molecule has 5 nitrogen and oxygen atoms in total. The summed E-state index contributed by atoms with van der Waals surface area (Å²) in [6, 6.07) is 13.7. The number of carbonyl (C=O) groups excluding carboxylic acids is 1. The number of anilines is 1. The first-order valence-corrected chi connectivity index (χ1v) is 11.5. The molecule has 2 aliphatic rings. The molecule has 0 saturated carbocycles. The highest BCUT2D eigenvalue weighted by atomic mass is 32.1. The third-order valence-corrected chi connectivity index (χ3v) is 6.99. The quantitative estimate of drug-likeness (QED) is 0.624. The van der Waals surface area contributed by atoms with Crippen molar-refractivity contribution in [2.24, 2.45) is 0 Å².